The van der Waals surface area contributed by atoms with Gasteiger partial charge in [0.1, 0.15) is 0 Å². The zero-order valence-electron chi connectivity index (χ0n) is 14.1. The van der Waals surface area contributed by atoms with Gasteiger partial charge in [-0.15, -0.1) is 5.10 Å². The van der Waals surface area contributed by atoms with Gasteiger partial charge in [-0.3, -0.25) is 4.79 Å². The first-order valence-electron chi connectivity index (χ1n) is 8.61. The lowest BCUT2D eigenvalue weighted by molar-refractivity contribution is -0.143. The number of anilines is 1. The Labute approximate surface area is 137 Å². The third kappa shape index (κ3) is 3.80. The number of rotatable bonds is 2. The first kappa shape index (κ1) is 16.2. The number of ether oxygens (including phenoxy) is 1. The molecule has 1 amide bonds. The van der Waals surface area contributed by atoms with Crippen LogP contribution in [0.3, 0.4) is 0 Å². The minimum atomic E-state index is 0.0227. The fourth-order valence-corrected chi connectivity index (χ4v) is 3.41. The van der Waals surface area contributed by atoms with Crippen LogP contribution in [0.2, 0.25) is 0 Å². The highest BCUT2D eigenvalue weighted by Crippen LogP contribution is 2.23. The van der Waals surface area contributed by atoms with Crippen LogP contribution in [0.25, 0.3) is 0 Å². The smallest absolute Gasteiger partial charge is 0.228 e. The molecule has 0 aliphatic carbocycles. The van der Waals surface area contributed by atoms with Crippen molar-refractivity contribution < 1.29 is 9.53 Å². The van der Waals surface area contributed by atoms with E-state index in [1.807, 2.05) is 30.9 Å². The summed E-state index contributed by atoms with van der Waals surface area (Å²) in [5.41, 5.74) is 0.923. The van der Waals surface area contributed by atoms with Crippen LogP contribution < -0.4 is 4.90 Å². The lowest BCUT2D eigenvalue weighted by Crippen LogP contribution is -2.44. The number of carbonyl (C=O) groups excluding carboxylic acids is 1. The van der Waals surface area contributed by atoms with Gasteiger partial charge >= 0.3 is 0 Å². The Morgan fingerprint density at radius 1 is 1.17 bits per heavy atom. The molecule has 2 saturated heterocycles. The molecule has 0 N–H and O–H groups in total. The zero-order valence-corrected chi connectivity index (χ0v) is 14.1. The number of carbonyl (C=O) groups is 1. The molecule has 2 fully saturated rings. The Morgan fingerprint density at radius 3 is 2.78 bits per heavy atom. The maximum Gasteiger partial charge on any atom is 0.228 e. The Balaban J connectivity index is 1.61. The highest BCUT2D eigenvalue weighted by molar-refractivity contribution is 5.79. The molecule has 0 aromatic carbocycles. The van der Waals surface area contributed by atoms with Crippen molar-refractivity contribution in [2.24, 2.45) is 5.92 Å². The average Bonchev–Trinajstić information content (AvgIpc) is 2.81. The molecular formula is C17H26N4O2. The van der Waals surface area contributed by atoms with Crippen molar-refractivity contribution in [3.8, 4) is 0 Å². The van der Waals surface area contributed by atoms with Crippen LogP contribution in [0, 0.1) is 12.8 Å². The fourth-order valence-electron chi connectivity index (χ4n) is 3.41. The van der Waals surface area contributed by atoms with Gasteiger partial charge in [-0.25, -0.2) is 0 Å². The summed E-state index contributed by atoms with van der Waals surface area (Å²) in [5.74, 6) is 1.18. The molecule has 2 atom stereocenters. The molecule has 3 heterocycles. The minimum Gasteiger partial charge on any atom is -0.378 e. The Hall–Kier alpha value is -1.69. The number of hydrogen-bond acceptors (Lipinski definition) is 5. The standard InChI is InChI=1S/C17H26N4O2/c1-13-6-7-16(19-18-13)20-8-4-9-21(11-10-20)17(22)15-5-3-12-23-14(15)2/h6-7,14-15H,3-5,8-12H2,1-2H3. The zero-order chi connectivity index (χ0) is 16.2. The van der Waals surface area contributed by atoms with Gasteiger partial charge in [0.05, 0.1) is 17.7 Å². The summed E-state index contributed by atoms with van der Waals surface area (Å²) in [6, 6.07) is 3.99. The van der Waals surface area contributed by atoms with E-state index < -0.39 is 0 Å². The topological polar surface area (TPSA) is 58.6 Å². The Bertz CT molecular complexity index is 534. The van der Waals surface area contributed by atoms with Crippen LogP contribution in [0.15, 0.2) is 12.1 Å². The van der Waals surface area contributed by atoms with Crippen LogP contribution in [0.5, 0.6) is 0 Å². The van der Waals surface area contributed by atoms with Crippen LogP contribution >= 0.6 is 0 Å². The molecule has 23 heavy (non-hydrogen) atoms. The number of aryl methyl sites for hydroxylation is 1. The molecule has 0 bridgehead atoms. The van der Waals surface area contributed by atoms with Gasteiger partial charge in [0.2, 0.25) is 5.91 Å². The van der Waals surface area contributed by atoms with Crippen LogP contribution in [0.1, 0.15) is 31.9 Å². The van der Waals surface area contributed by atoms with Gasteiger partial charge < -0.3 is 14.5 Å². The monoisotopic (exact) mass is 318 g/mol. The SMILES string of the molecule is Cc1ccc(N2CCCN(C(=O)C3CCCOC3C)CC2)nn1. The lowest BCUT2D eigenvalue weighted by Gasteiger charge is -2.32. The van der Waals surface area contributed by atoms with E-state index in [1.165, 1.54) is 0 Å². The number of nitrogens with zero attached hydrogens (tertiary/aromatic N) is 4. The largest absolute Gasteiger partial charge is 0.378 e. The van der Waals surface area contributed by atoms with E-state index in [2.05, 4.69) is 15.1 Å². The number of aromatic nitrogens is 2. The van der Waals surface area contributed by atoms with Gasteiger partial charge in [-0.05, 0) is 45.2 Å². The molecule has 2 unspecified atom stereocenters. The van der Waals surface area contributed by atoms with Gasteiger partial charge in [-0.2, -0.15) is 5.10 Å². The molecule has 2 aliphatic rings. The van der Waals surface area contributed by atoms with Crippen molar-refractivity contribution in [1.82, 2.24) is 15.1 Å². The van der Waals surface area contributed by atoms with Crippen LogP contribution in [0.4, 0.5) is 5.82 Å². The maximum absolute atomic E-state index is 12.8. The minimum absolute atomic E-state index is 0.0227. The maximum atomic E-state index is 12.8. The van der Waals surface area contributed by atoms with Crippen molar-refractivity contribution >= 4 is 11.7 Å². The summed E-state index contributed by atoms with van der Waals surface area (Å²) in [5, 5.41) is 8.40. The van der Waals surface area contributed by atoms with E-state index >= 15 is 0 Å². The Morgan fingerprint density at radius 2 is 2.04 bits per heavy atom. The quantitative estimate of drug-likeness (QED) is 0.830. The second kappa shape index (κ2) is 7.25. The first-order chi connectivity index (χ1) is 11.1. The van der Waals surface area contributed by atoms with Crippen molar-refractivity contribution in [3.63, 3.8) is 0 Å². The van der Waals surface area contributed by atoms with Gasteiger partial charge in [-0.1, -0.05) is 0 Å². The second-order valence-electron chi connectivity index (χ2n) is 6.52. The fraction of sp³-hybridized carbons (Fsp3) is 0.706. The van der Waals surface area contributed by atoms with E-state index in [9.17, 15) is 4.79 Å². The van der Waals surface area contributed by atoms with E-state index in [-0.39, 0.29) is 17.9 Å². The lowest BCUT2D eigenvalue weighted by atomic mass is 9.94. The summed E-state index contributed by atoms with van der Waals surface area (Å²) in [6.07, 6.45) is 2.94. The van der Waals surface area contributed by atoms with Crippen molar-refractivity contribution in [2.75, 3.05) is 37.7 Å². The number of amides is 1. The van der Waals surface area contributed by atoms with Crippen LogP contribution in [-0.2, 0) is 9.53 Å². The average molecular weight is 318 g/mol. The molecule has 6 heteroatoms. The molecule has 0 saturated carbocycles. The highest BCUT2D eigenvalue weighted by atomic mass is 16.5. The molecule has 2 aliphatic heterocycles. The van der Waals surface area contributed by atoms with Gasteiger partial charge in [0, 0.05) is 32.8 Å². The molecule has 1 aromatic rings. The summed E-state index contributed by atoms with van der Waals surface area (Å²) < 4.78 is 5.66. The van der Waals surface area contributed by atoms with E-state index in [4.69, 9.17) is 4.74 Å². The van der Waals surface area contributed by atoms with Gasteiger partial charge in [0.25, 0.3) is 0 Å². The number of hydrogen-bond donors (Lipinski definition) is 0. The first-order valence-corrected chi connectivity index (χ1v) is 8.61. The molecule has 0 radical (unpaired) electrons. The highest BCUT2D eigenvalue weighted by Gasteiger charge is 2.32. The third-order valence-corrected chi connectivity index (χ3v) is 4.84. The summed E-state index contributed by atoms with van der Waals surface area (Å²) in [7, 11) is 0. The predicted molar refractivity (Wildman–Crippen MR) is 88.3 cm³/mol. The molecule has 1 aromatic heterocycles. The predicted octanol–water partition coefficient (Wildman–Crippen LogP) is 1.64. The Kier molecular flexibility index (Phi) is 5.10. The van der Waals surface area contributed by atoms with Gasteiger partial charge in [0.15, 0.2) is 5.82 Å². The van der Waals surface area contributed by atoms with Crippen molar-refractivity contribution in [2.45, 2.75) is 39.2 Å². The molecule has 6 nitrogen and oxygen atoms in total. The molecule has 126 valence electrons. The second-order valence-corrected chi connectivity index (χ2v) is 6.52. The van der Waals surface area contributed by atoms with Crippen LogP contribution in [-0.4, -0.2) is 59.9 Å². The molecule has 3 rings (SSSR count). The summed E-state index contributed by atoms with van der Waals surface area (Å²) in [6.45, 7) is 8.03. The third-order valence-electron chi connectivity index (χ3n) is 4.84. The van der Waals surface area contributed by atoms with E-state index in [1.54, 1.807) is 0 Å². The summed E-state index contributed by atoms with van der Waals surface area (Å²) in [4.78, 5) is 17.0. The van der Waals surface area contributed by atoms with Crippen molar-refractivity contribution in [3.05, 3.63) is 17.8 Å². The molecular weight excluding hydrogens is 292 g/mol. The molecule has 0 spiro atoms. The van der Waals surface area contributed by atoms with E-state index in [0.29, 0.717) is 0 Å². The van der Waals surface area contributed by atoms with E-state index in [0.717, 1.165) is 63.6 Å². The summed E-state index contributed by atoms with van der Waals surface area (Å²) >= 11 is 0. The normalized spacial score (nSPS) is 26.0. The van der Waals surface area contributed by atoms with Crippen molar-refractivity contribution in [1.29, 1.82) is 0 Å².